The molecule has 0 bridgehead atoms. The average molecular weight is 301 g/mol. The fourth-order valence-electron chi connectivity index (χ4n) is 2.91. The summed E-state index contributed by atoms with van der Waals surface area (Å²) in [7, 11) is 0. The molecule has 22 heavy (non-hydrogen) atoms. The molecule has 116 valence electrons. The zero-order chi connectivity index (χ0) is 15.4. The van der Waals surface area contributed by atoms with Crippen molar-refractivity contribution in [3.8, 4) is 6.07 Å². The van der Waals surface area contributed by atoms with E-state index < -0.39 is 0 Å². The van der Waals surface area contributed by atoms with Gasteiger partial charge in [0.1, 0.15) is 0 Å². The lowest BCUT2D eigenvalue weighted by molar-refractivity contribution is -0.0973. The molecule has 6 nitrogen and oxygen atoms in total. The molecule has 1 atom stereocenters. The Kier molecular flexibility index (Phi) is 4.56. The van der Waals surface area contributed by atoms with Crippen LogP contribution in [-0.2, 0) is 9.47 Å². The van der Waals surface area contributed by atoms with E-state index in [9.17, 15) is 4.79 Å². The highest BCUT2D eigenvalue weighted by molar-refractivity contribution is 5.89. The number of nitrogens with zero attached hydrogens (tertiary/aromatic N) is 2. The maximum atomic E-state index is 12.5. The summed E-state index contributed by atoms with van der Waals surface area (Å²) in [5, 5.41) is 11.7. The first kappa shape index (κ1) is 14.8. The monoisotopic (exact) mass is 301 g/mol. The normalized spacial score (nSPS) is 22.3. The van der Waals surface area contributed by atoms with Gasteiger partial charge in [0.05, 0.1) is 30.9 Å². The molecule has 1 aromatic rings. The van der Waals surface area contributed by atoms with E-state index in [1.807, 2.05) is 0 Å². The molecule has 2 aliphatic rings. The van der Waals surface area contributed by atoms with E-state index in [1.54, 1.807) is 29.2 Å². The van der Waals surface area contributed by atoms with Gasteiger partial charge in [-0.1, -0.05) is 0 Å². The molecule has 2 saturated heterocycles. The van der Waals surface area contributed by atoms with Crippen molar-refractivity contribution in [1.29, 1.82) is 5.26 Å². The van der Waals surface area contributed by atoms with E-state index in [2.05, 4.69) is 11.4 Å². The minimum atomic E-state index is -0.313. The van der Waals surface area contributed by atoms with E-state index in [1.165, 1.54) is 0 Å². The van der Waals surface area contributed by atoms with Gasteiger partial charge in [0, 0.05) is 12.2 Å². The summed E-state index contributed by atoms with van der Waals surface area (Å²) in [6.07, 6.45) is 2.65. The minimum Gasteiger partial charge on any atom is -0.348 e. The van der Waals surface area contributed by atoms with Gasteiger partial charge in [-0.05, 0) is 43.5 Å². The topological polar surface area (TPSA) is 74.6 Å². The molecular formula is C16H19N3O3. The van der Waals surface area contributed by atoms with Gasteiger partial charge in [0.2, 0.25) is 0 Å². The molecule has 3 rings (SSSR count). The third-order valence-electron chi connectivity index (χ3n) is 4.04. The summed E-state index contributed by atoms with van der Waals surface area (Å²) in [6, 6.07) is 8.72. The Bertz CT molecular complexity index is 561. The summed E-state index contributed by atoms with van der Waals surface area (Å²) < 4.78 is 11.1. The van der Waals surface area contributed by atoms with Crippen LogP contribution in [0.5, 0.6) is 0 Å². The number of hydrogen-bond acceptors (Lipinski definition) is 4. The van der Waals surface area contributed by atoms with Crippen molar-refractivity contribution in [3.63, 3.8) is 0 Å². The maximum absolute atomic E-state index is 12.5. The Morgan fingerprint density at radius 3 is 2.64 bits per heavy atom. The SMILES string of the molecule is N#Cc1ccc(NC(=O)N2CCCCC2C2OCCO2)cc1. The molecule has 0 spiro atoms. The van der Waals surface area contributed by atoms with Gasteiger partial charge in [0.25, 0.3) is 0 Å². The van der Waals surface area contributed by atoms with Crippen molar-refractivity contribution in [2.75, 3.05) is 25.1 Å². The predicted molar refractivity (Wildman–Crippen MR) is 80.2 cm³/mol. The van der Waals surface area contributed by atoms with Crippen molar-refractivity contribution >= 4 is 11.7 Å². The number of urea groups is 1. The molecular weight excluding hydrogens is 282 g/mol. The Balaban J connectivity index is 1.67. The average Bonchev–Trinajstić information content (AvgIpc) is 3.10. The number of carbonyl (C=O) groups is 1. The number of nitriles is 1. The fraction of sp³-hybridized carbons (Fsp3) is 0.500. The van der Waals surface area contributed by atoms with Gasteiger partial charge in [-0.25, -0.2) is 4.79 Å². The summed E-state index contributed by atoms with van der Waals surface area (Å²) in [4.78, 5) is 14.3. The van der Waals surface area contributed by atoms with Gasteiger partial charge in [-0.15, -0.1) is 0 Å². The zero-order valence-corrected chi connectivity index (χ0v) is 12.3. The second-order valence-electron chi connectivity index (χ2n) is 5.49. The molecule has 2 heterocycles. The van der Waals surface area contributed by atoms with Crippen LogP contribution in [-0.4, -0.2) is 43.0 Å². The number of rotatable bonds is 2. The minimum absolute atomic E-state index is 0.0327. The number of likely N-dealkylation sites (tertiary alicyclic amines) is 1. The molecule has 1 N–H and O–H groups in total. The van der Waals surface area contributed by atoms with E-state index in [0.717, 1.165) is 19.3 Å². The first-order chi connectivity index (χ1) is 10.8. The number of benzene rings is 1. The van der Waals surface area contributed by atoms with E-state index in [-0.39, 0.29) is 18.4 Å². The number of anilines is 1. The molecule has 0 aliphatic carbocycles. The first-order valence-electron chi connectivity index (χ1n) is 7.59. The van der Waals surface area contributed by atoms with Crippen LogP contribution >= 0.6 is 0 Å². The second kappa shape index (κ2) is 6.77. The maximum Gasteiger partial charge on any atom is 0.322 e. The first-order valence-corrected chi connectivity index (χ1v) is 7.59. The Labute approximate surface area is 129 Å². The van der Waals surface area contributed by atoms with Crippen molar-refractivity contribution in [1.82, 2.24) is 4.90 Å². The standard InChI is InChI=1S/C16H19N3O3/c17-11-12-4-6-13(7-5-12)18-16(20)19-8-2-1-3-14(19)15-21-9-10-22-15/h4-7,14-15H,1-3,8-10H2,(H,18,20). The van der Waals surface area contributed by atoms with Crippen LogP contribution in [0.4, 0.5) is 10.5 Å². The predicted octanol–water partition coefficient (Wildman–Crippen LogP) is 2.32. The third-order valence-corrected chi connectivity index (χ3v) is 4.04. The number of piperidine rings is 1. The van der Waals surface area contributed by atoms with E-state index in [0.29, 0.717) is 31.0 Å². The van der Waals surface area contributed by atoms with Gasteiger partial charge in [0.15, 0.2) is 6.29 Å². The lowest BCUT2D eigenvalue weighted by Gasteiger charge is -2.37. The summed E-state index contributed by atoms with van der Waals surface area (Å²) in [5.41, 5.74) is 1.25. The number of hydrogen-bond donors (Lipinski definition) is 1. The summed E-state index contributed by atoms with van der Waals surface area (Å²) >= 11 is 0. The van der Waals surface area contributed by atoms with Crippen molar-refractivity contribution in [2.45, 2.75) is 31.6 Å². The summed E-state index contributed by atoms with van der Waals surface area (Å²) in [5.74, 6) is 0. The zero-order valence-electron chi connectivity index (χ0n) is 12.3. The molecule has 1 aromatic carbocycles. The highest BCUT2D eigenvalue weighted by Gasteiger charge is 2.36. The molecule has 2 aliphatic heterocycles. The third kappa shape index (κ3) is 3.21. The molecule has 0 saturated carbocycles. The van der Waals surface area contributed by atoms with Crippen molar-refractivity contribution < 1.29 is 14.3 Å². The number of carbonyl (C=O) groups excluding carboxylic acids is 1. The van der Waals surface area contributed by atoms with Crippen LogP contribution in [0.1, 0.15) is 24.8 Å². The van der Waals surface area contributed by atoms with E-state index >= 15 is 0 Å². The van der Waals surface area contributed by atoms with Crippen LogP contribution in [0, 0.1) is 11.3 Å². The number of amides is 2. The smallest absolute Gasteiger partial charge is 0.322 e. The quantitative estimate of drug-likeness (QED) is 0.909. The Hall–Kier alpha value is -2.10. The molecule has 0 radical (unpaired) electrons. The molecule has 1 unspecified atom stereocenters. The lowest BCUT2D eigenvalue weighted by atomic mass is 10.0. The van der Waals surface area contributed by atoms with Crippen molar-refractivity contribution in [3.05, 3.63) is 29.8 Å². The highest BCUT2D eigenvalue weighted by Crippen LogP contribution is 2.25. The van der Waals surface area contributed by atoms with Crippen LogP contribution in [0.2, 0.25) is 0 Å². The molecule has 0 aromatic heterocycles. The van der Waals surface area contributed by atoms with Crippen LogP contribution in [0.25, 0.3) is 0 Å². The largest absolute Gasteiger partial charge is 0.348 e. The van der Waals surface area contributed by atoms with E-state index in [4.69, 9.17) is 14.7 Å². The lowest BCUT2D eigenvalue weighted by Crippen LogP contribution is -2.51. The fourth-order valence-corrected chi connectivity index (χ4v) is 2.91. The van der Waals surface area contributed by atoms with Crippen LogP contribution < -0.4 is 5.32 Å². The molecule has 6 heteroatoms. The number of ether oxygens (including phenoxy) is 2. The molecule has 2 amide bonds. The van der Waals surface area contributed by atoms with Gasteiger partial charge < -0.3 is 19.7 Å². The second-order valence-corrected chi connectivity index (χ2v) is 5.49. The van der Waals surface area contributed by atoms with Crippen LogP contribution in [0.3, 0.4) is 0 Å². The van der Waals surface area contributed by atoms with Crippen LogP contribution in [0.15, 0.2) is 24.3 Å². The number of nitrogens with one attached hydrogen (secondary N) is 1. The highest BCUT2D eigenvalue weighted by atomic mass is 16.7. The summed E-state index contributed by atoms with van der Waals surface area (Å²) in [6.45, 7) is 1.88. The Morgan fingerprint density at radius 1 is 1.23 bits per heavy atom. The van der Waals surface area contributed by atoms with Gasteiger partial charge in [-0.3, -0.25) is 0 Å². The molecule has 2 fully saturated rings. The van der Waals surface area contributed by atoms with Gasteiger partial charge in [-0.2, -0.15) is 5.26 Å². The van der Waals surface area contributed by atoms with Crippen molar-refractivity contribution in [2.24, 2.45) is 0 Å². The Morgan fingerprint density at radius 2 is 1.95 bits per heavy atom. The van der Waals surface area contributed by atoms with Gasteiger partial charge >= 0.3 is 6.03 Å².